The Morgan fingerprint density at radius 1 is 0.913 bits per heavy atom. The van der Waals surface area contributed by atoms with Crippen LogP contribution in [-0.2, 0) is 0 Å². The van der Waals surface area contributed by atoms with Gasteiger partial charge in [0.1, 0.15) is 0 Å². The van der Waals surface area contributed by atoms with Gasteiger partial charge in [-0.1, -0.05) is 75.2 Å². The molecule has 0 aliphatic heterocycles. The fraction of sp³-hybridized carbons (Fsp3) is 1.00. The third-order valence-corrected chi connectivity index (χ3v) is 8.72. The molecule has 8 unspecified atom stereocenters. The smallest absolute Gasteiger partial charge is 0.0243 e. The van der Waals surface area contributed by atoms with Crippen molar-refractivity contribution < 1.29 is 0 Å². The minimum atomic E-state index is 0.611. The molecule has 138 valence electrons. The van der Waals surface area contributed by atoms with Crippen molar-refractivity contribution in [3.05, 3.63) is 0 Å². The Balaban J connectivity index is 2.76. The lowest BCUT2D eigenvalue weighted by Crippen LogP contribution is -2.37. The zero-order chi connectivity index (χ0) is 17.8. The second kappa shape index (κ2) is 8.91. The highest BCUT2D eigenvalue weighted by atomic mass is 14.5. The second-order valence-electron chi connectivity index (χ2n) is 9.31. The Labute approximate surface area is 148 Å². The average Bonchev–Trinajstić information content (AvgIpc) is 2.89. The maximum absolute atomic E-state index is 2.59. The van der Waals surface area contributed by atoms with E-state index in [1.807, 2.05) is 0 Å². The highest BCUT2D eigenvalue weighted by molar-refractivity contribution is 4.97. The summed E-state index contributed by atoms with van der Waals surface area (Å²) >= 11 is 0. The van der Waals surface area contributed by atoms with Crippen LogP contribution >= 0.6 is 0 Å². The van der Waals surface area contributed by atoms with Crippen LogP contribution in [0.1, 0.15) is 101 Å². The first-order valence-corrected chi connectivity index (χ1v) is 10.7. The summed E-state index contributed by atoms with van der Waals surface area (Å²) in [7, 11) is 0. The summed E-state index contributed by atoms with van der Waals surface area (Å²) in [4.78, 5) is 0. The molecule has 8 atom stereocenters. The fourth-order valence-electron chi connectivity index (χ4n) is 5.93. The van der Waals surface area contributed by atoms with Gasteiger partial charge in [-0.05, 0) is 72.5 Å². The van der Waals surface area contributed by atoms with Crippen molar-refractivity contribution in [2.75, 3.05) is 0 Å². The maximum Gasteiger partial charge on any atom is -0.0243 e. The van der Waals surface area contributed by atoms with E-state index in [-0.39, 0.29) is 0 Å². The van der Waals surface area contributed by atoms with E-state index < -0.39 is 0 Å². The standard InChI is InChI=1S/C23H46/c1-10-16(4)19(7)17(5)15-18(6)20(8)23(12-3)14-13-22(11-2)21(23)9/h16-22H,10-15H2,1-9H3. The van der Waals surface area contributed by atoms with Crippen molar-refractivity contribution in [2.45, 2.75) is 101 Å². The first-order valence-electron chi connectivity index (χ1n) is 10.7. The maximum atomic E-state index is 2.59. The molecule has 1 rings (SSSR count). The van der Waals surface area contributed by atoms with E-state index in [9.17, 15) is 0 Å². The molecule has 1 aliphatic carbocycles. The van der Waals surface area contributed by atoms with Crippen molar-refractivity contribution in [2.24, 2.45) is 46.8 Å². The van der Waals surface area contributed by atoms with Crippen LogP contribution in [0, 0.1) is 46.8 Å². The highest BCUT2D eigenvalue weighted by Gasteiger charge is 2.48. The molecule has 0 nitrogen and oxygen atoms in total. The summed E-state index contributed by atoms with van der Waals surface area (Å²) in [6.45, 7) is 22.3. The summed E-state index contributed by atoms with van der Waals surface area (Å²) < 4.78 is 0. The Morgan fingerprint density at radius 3 is 1.96 bits per heavy atom. The molecule has 0 aromatic carbocycles. The van der Waals surface area contributed by atoms with Crippen LogP contribution in [0.4, 0.5) is 0 Å². The van der Waals surface area contributed by atoms with Crippen molar-refractivity contribution in [3.8, 4) is 0 Å². The fourth-order valence-corrected chi connectivity index (χ4v) is 5.93. The highest BCUT2D eigenvalue weighted by Crippen LogP contribution is 2.57. The summed E-state index contributed by atoms with van der Waals surface area (Å²) in [6, 6.07) is 0. The molecule has 23 heavy (non-hydrogen) atoms. The van der Waals surface area contributed by atoms with E-state index in [1.54, 1.807) is 0 Å². The van der Waals surface area contributed by atoms with E-state index in [4.69, 9.17) is 0 Å². The Bertz CT molecular complexity index is 333. The zero-order valence-electron chi connectivity index (χ0n) is 17.8. The van der Waals surface area contributed by atoms with Crippen molar-refractivity contribution >= 4 is 0 Å². The van der Waals surface area contributed by atoms with E-state index in [1.165, 1.54) is 38.5 Å². The van der Waals surface area contributed by atoms with E-state index in [0.29, 0.717) is 5.41 Å². The lowest BCUT2D eigenvalue weighted by Gasteiger charge is -2.44. The van der Waals surface area contributed by atoms with Gasteiger partial charge < -0.3 is 0 Å². The molecule has 0 heterocycles. The molecule has 1 fully saturated rings. The van der Waals surface area contributed by atoms with Crippen LogP contribution in [0.3, 0.4) is 0 Å². The molecule has 0 heteroatoms. The number of hydrogen-bond donors (Lipinski definition) is 0. The molecule has 0 bridgehead atoms. The molecular weight excluding hydrogens is 276 g/mol. The monoisotopic (exact) mass is 322 g/mol. The molecular formula is C23H46. The van der Waals surface area contributed by atoms with Crippen LogP contribution < -0.4 is 0 Å². The summed E-state index contributed by atoms with van der Waals surface area (Å²) in [5.41, 5.74) is 0.611. The Hall–Kier alpha value is 0. The molecule has 0 radical (unpaired) electrons. The minimum Gasteiger partial charge on any atom is -0.0651 e. The number of hydrogen-bond acceptors (Lipinski definition) is 0. The van der Waals surface area contributed by atoms with Gasteiger partial charge in [-0.2, -0.15) is 0 Å². The van der Waals surface area contributed by atoms with Gasteiger partial charge in [-0.3, -0.25) is 0 Å². The topological polar surface area (TPSA) is 0 Å². The Kier molecular flexibility index (Phi) is 8.15. The molecule has 0 aromatic rings. The second-order valence-corrected chi connectivity index (χ2v) is 9.31. The van der Waals surface area contributed by atoms with Crippen LogP contribution in [0.15, 0.2) is 0 Å². The van der Waals surface area contributed by atoms with Gasteiger partial charge >= 0.3 is 0 Å². The van der Waals surface area contributed by atoms with E-state index >= 15 is 0 Å². The van der Waals surface area contributed by atoms with Crippen LogP contribution in [0.2, 0.25) is 0 Å². The van der Waals surface area contributed by atoms with Gasteiger partial charge in [0, 0.05) is 0 Å². The first kappa shape index (κ1) is 21.0. The van der Waals surface area contributed by atoms with Crippen molar-refractivity contribution in [1.82, 2.24) is 0 Å². The van der Waals surface area contributed by atoms with Gasteiger partial charge in [0.25, 0.3) is 0 Å². The number of rotatable bonds is 9. The average molecular weight is 323 g/mol. The van der Waals surface area contributed by atoms with E-state index in [0.717, 1.165) is 41.4 Å². The van der Waals surface area contributed by atoms with Gasteiger partial charge in [0.05, 0.1) is 0 Å². The van der Waals surface area contributed by atoms with E-state index in [2.05, 4.69) is 62.3 Å². The molecule has 0 N–H and O–H groups in total. The third kappa shape index (κ3) is 4.35. The Morgan fingerprint density at radius 2 is 1.52 bits per heavy atom. The van der Waals surface area contributed by atoms with Gasteiger partial charge in [-0.15, -0.1) is 0 Å². The lowest BCUT2D eigenvalue weighted by molar-refractivity contribution is 0.0480. The quantitative estimate of drug-likeness (QED) is 0.406. The largest absolute Gasteiger partial charge is 0.0651 e. The molecule has 0 saturated heterocycles. The summed E-state index contributed by atoms with van der Waals surface area (Å²) in [6.07, 6.45) is 8.45. The van der Waals surface area contributed by atoms with Crippen LogP contribution in [-0.4, -0.2) is 0 Å². The van der Waals surface area contributed by atoms with Crippen LogP contribution in [0.25, 0.3) is 0 Å². The van der Waals surface area contributed by atoms with Gasteiger partial charge in [-0.25, -0.2) is 0 Å². The SMILES string of the molecule is CCC(C)C(C)C(C)CC(C)C(C)C1(CC)CCC(CC)C1C. The van der Waals surface area contributed by atoms with Crippen molar-refractivity contribution in [1.29, 1.82) is 0 Å². The molecule has 1 aliphatic rings. The molecule has 1 saturated carbocycles. The zero-order valence-corrected chi connectivity index (χ0v) is 17.8. The minimum absolute atomic E-state index is 0.611. The third-order valence-electron chi connectivity index (χ3n) is 8.72. The first-order chi connectivity index (χ1) is 10.7. The van der Waals surface area contributed by atoms with Gasteiger partial charge in [0.2, 0.25) is 0 Å². The lowest BCUT2D eigenvalue weighted by atomic mass is 9.61. The summed E-state index contributed by atoms with van der Waals surface area (Å²) in [5.74, 6) is 6.19. The van der Waals surface area contributed by atoms with Gasteiger partial charge in [0.15, 0.2) is 0 Å². The predicted octanol–water partition coefficient (Wildman–Crippen LogP) is 7.82. The predicted molar refractivity (Wildman–Crippen MR) is 106 cm³/mol. The molecule has 0 aromatic heterocycles. The van der Waals surface area contributed by atoms with Crippen LogP contribution in [0.5, 0.6) is 0 Å². The van der Waals surface area contributed by atoms with Crippen molar-refractivity contribution in [3.63, 3.8) is 0 Å². The summed E-state index contributed by atoms with van der Waals surface area (Å²) in [5, 5.41) is 0. The molecule has 0 spiro atoms. The normalized spacial score (nSPS) is 34.8. The molecule has 0 amide bonds.